The van der Waals surface area contributed by atoms with Gasteiger partial charge >= 0.3 is 5.97 Å². The van der Waals surface area contributed by atoms with Gasteiger partial charge in [0.15, 0.2) is 0 Å². The van der Waals surface area contributed by atoms with Crippen molar-refractivity contribution in [3.8, 4) is 0 Å². The van der Waals surface area contributed by atoms with Crippen LogP contribution >= 0.6 is 11.8 Å². The first-order valence-corrected chi connectivity index (χ1v) is 3.33. The predicted molar refractivity (Wildman–Crippen MR) is 39.9 cm³/mol. The van der Waals surface area contributed by atoms with Crippen molar-refractivity contribution in [2.45, 2.75) is 26.3 Å². The number of hydrogen-bond acceptors (Lipinski definition) is 2. The summed E-state index contributed by atoms with van der Waals surface area (Å²) in [5.74, 6) is -0.912. The van der Waals surface area contributed by atoms with Gasteiger partial charge in [0.05, 0.1) is 0 Å². The van der Waals surface area contributed by atoms with Crippen molar-refractivity contribution in [2.75, 3.05) is 6.54 Å². The molecule has 0 bridgehead atoms. The Balaban J connectivity index is 3.85. The van der Waals surface area contributed by atoms with E-state index in [1.54, 1.807) is 0 Å². The number of nitrogens with zero attached hydrogens (tertiary/aromatic N) is 1. The van der Waals surface area contributed by atoms with Crippen LogP contribution in [0.3, 0.4) is 0 Å². The number of rotatable bonds is 2. The van der Waals surface area contributed by atoms with Gasteiger partial charge in [-0.2, -0.15) is 0 Å². The minimum Gasteiger partial charge on any atom is -0.480 e. The molecule has 0 atom stereocenters. The van der Waals surface area contributed by atoms with Gasteiger partial charge in [-0.05, 0) is 32.5 Å². The number of halogens is 1. The fourth-order valence-corrected chi connectivity index (χ4v) is 0.458. The van der Waals surface area contributed by atoms with Gasteiger partial charge in [0.1, 0.15) is 6.54 Å². The molecule has 3 nitrogen and oxygen atoms in total. The van der Waals surface area contributed by atoms with Gasteiger partial charge in [-0.1, -0.05) is 0 Å². The molecule has 0 unspecified atom stereocenters. The van der Waals surface area contributed by atoms with E-state index in [9.17, 15) is 4.79 Å². The van der Waals surface area contributed by atoms with Crippen LogP contribution in [-0.4, -0.2) is 27.6 Å². The van der Waals surface area contributed by atoms with E-state index in [-0.39, 0.29) is 12.1 Å². The van der Waals surface area contributed by atoms with Crippen molar-refractivity contribution in [3.63, 3.8) is 0 Å². The van der Waals surface area contributed by atoms with E-state index >= 15 is 0 Å². The molecule has 0 aliphatic carbocycles. The van der Waals surface area contributed by atoms with E-state index in [2.05, 4.69) is 0 Å². The molecule has 0 fully saturated rings. The summed E-state index contributed by atoms with van der Waals surface area (Å²) >= 11 is 5.60. The van der Waals surface area contributed by atoms with Crippen molar-refractivity contribution in [2.24, 2.45) is 0 Å². The zero-order valence-corrected chi connectivity index (χ0v) is 7.14. The molecule has 0 heterocycles. The first-order chi connectivity index (χ1) is 4.34. The molecule has 0 saturated heterocycles. The van der Waals surface area contributed by atoms with Crippen molar-refractivity contribution >= 4 is 17.7 Å². The molecule has 0 radical (unpaired) electrons. The molecule has 0 aliphatic heterocycles. The highest BCUT2D eigenvalue weighted by atomic mass is 35.5. The molecule has 0 aromatic rings. The smallest absolute Gasteiger partial charge is 0.319 e. The van der Waals surface area contributed by atoms with Gasteiger partial charge in [-0.15, -0.1) is 0 Å². The highest BCUT2D eigenvalue weighted by Crippen LogP contribution is 2.14. The Morgan fingerprint density at radius 2 is 2.00 bits per heavy atom. The summed E-state index contributed by atoms with van der Waals surface area (Å²) in [7, 11) is 0. The van der Waals surface area contributed by atoms with Gasteiger partial charge in [-0.3, -0.25) is 4.79 Å². The van der Waals surface area contributed by atoms with E-state index in [1.165, 1.54) is 4.42 Å². The second-order valence-electron chi connectivity index (χ2n) is 3.08. The fraction of sp³-hybridized carbons (Fsp3) is 0.833. The van der Waals surface area contributed by atoms with E-state index in [4.69, 9.17) is 16.9 Å². The largest absolute Gasteiger partial charge is 0.480 e. The standard InChI is InChI=1S/C6H12ClNO2/c1-6(2,3)8(7)4-5(9)10/h4H2,1-3H3,(H,9,10). The highest BCUT2D eigenvalue weighted by Gasteiger charge is 2.20. The average molecular weight is 166 g/mol. The van der Waals surface area contributed by atoms with Gasteiger partial charge in [0.2, 0.25) is 0 Å². The number of carboxylic acids is 1. The normalized spacial score (nSPS) is 12.1. The molecule has 0 aromatic heterocycles. The molecule has 60 valence electrons. The molecule has 0 aromatic carbocycles. The lowest BCUT2D eigenvalue weighted by atomic mass is 10.1. The molecule has 0 saturated carbocycles. The lowest BCUT2D eigenvalue weighted by Crippen LogP contribution is -2.37. The van der Waals surface area contributed by atoms with E-state index in [1.807, 2.05) is 20.8 Å². The summed E-state index contributed by atoms with van der Waals surface area (Å²) in [6.45, 7) is 5.42. The number of hydrogen-bond donors (Lipinski definition) is 1. The molecule has 0 rings (SSSR count). The number of carboxylic acid groups (broad SMARTS) is 1. The van der Waals surface area contributed by atoms with E-state index in [0.29, 0.717) is 0 Å². The molecular formula is C6H12ClNO2. The zero-order valence-electron chi connectivity index (χ0n) is 6.39. The van der Waals surface area contributed by atoms with Gasteiger partial charge < -0.3 is 5.11 Å². The lowest BCUT2D eigenvalue weighted by molar-refractivity contribution is -0.137. The van der Waals surface area contributed by atoms with Crippen molar-refractivity contribution in [1.29, 1.82) is 0 Å². The average Bonchev–Trinajstić information content (AvgIpc) is 1.60. The first-order valence-electron chi connectivity index (χ1n) is 2.99. The van der Waals surface area contributed by atoms with Crippen molar-refractivity contribution in [3.05, 3.63) is 0 Å². The van der Waals surface area contributed by atoms with E-state index < -0.39 is 5.97 Å². The maximum atomic E-state index is 10.1. The molecule has 1 N–H and O–H groups in total. The number of aliphatic carboxylic acids is 1. The van der Waals surface area contributed by atoms with Crippen LogP contribution in [-0.2, 0) is 4.79 Å². The van der Waals surface area contributed by atoms with Crippen LogP contribution in [0.2, 0.25) is 0 Å². The van der Waals surface area contributed by atoms with Crippen LogP contribution < -0.4 is 0 Å². The summed E-state index contributed by atoms with van der Waals surface area (Å²) in [4.78, 5) is 10.1. The zero-order chi connectivity index (χ0) is 8.36. The molecule has 0 amide bonds. The Bertz CT molecular complexity index is 130. The topological polar surface area (TPSA) is 40.5 Å². The second-order valence-corrected chi connectivity index (χ2v) is 3.49. The Hall–Kier alpha value is -0.280. The molecule has 4 heteroatoms. The summed E-state index contributed by atoms with van der Waals surface area (Å²) in [5, 5.41) is 8.32. The molecule has 0 spiro atoms. The van der Waals surface area contributed by atoms with Crippen molar-refractivity contribution < 1.29 is 9.90 Å². The highest BCUT2D eigenvalue weighted by molar-refractivity contribution is 6.14. The van der Waals surface area contributed by atoms with Gasteiger partial charge in [-0.25, -0.2) is 4.42 Å². The summed E-state index contributed by atoms with van der Waals surface area (Å²) < 4.78 is 1.26. The molecular weight excluding hydrogens is 154 g/mol. The van der Waals surface area contributed by atoms with Crippen LogP contribution in [0.4, 0.5) is 0 Å². The lowest BCUT2D eigenvalue weighted by Gasteiger charge is -2.26. The van der Waals surface area contributed by atoms with Crippen LogP contribution in [0.1, 0.15) is 20.8 Å². The van der Waals surface area contributed by atoms with Crippen LogP contribution in [0.25, 0.3) is 0 Å². The Kier molecular flexibility index (Phi) is 3.12. The van der Waals surface area contributed by atoms with E-state index in [0.717, 1.165) is 0 Å². The van der Waals surface area contributed by atoms with Crippen LogP contribution in [0, 0.1) is 0 Å². The minimum absolute atomic E-state index is 0.134. The third-order valence-electron chi connectivity index (χ3n) is 1.00. The van der Waals surface area contributed by atoms with Crippen LogP contribution in [0.5, 0.6) is 0 Å². The Labute approximate surface area is 65.7 Å². The third kappa shape index (κ3) is 3.69. The van der Waals surface area contributed by atoms with Gasteiger partial charge in [0.25, 0.3) is 0 Å². The summed E-state index contributed by atoms with van der Waals surface area (Å²) in [6, 6.07) is 0. The predicted octanol–water partition coefficient (Wildman–Crippen LogP) is 1.33. The second kappa shape index (κ2) is 3.21. The SMILES string of the molecule is CC(C)(C)N(Cl)CC(=O)O. The molecule has 0 aliphatic rings. The summed E-state index contributed by atoms with van der Waals surface area (Å²) in [5.41, 5.74) is -0.292. The Morgan fingerprint density at radius 3 is 2.10 bits per heavy atom. The molecule has 10 heavy (non-hydrogen) atoms. The van der Waals surface area contributed by atoms with Crippen molar-refractivity contribution in [1.82, 2.24) is 4.42 Å². The minimum atomic E-state index is -0.912. The van der Waals surface area contributed by atoms with Crippen LogP contribution in [0.15, 0.2) is 0 Å². The summed E-state index contributed by atoms with van der Waals surface area (Å²) in [6.07, 6.45) is 0. The fourth-order valence-electron chi connectivity index (χ4n) is 0.356. The Morgan fingerprint density at radius 1 is 1.60 bits per heavy atom. The quantitative estimate of drug-likeness (QED) is 0.628. The third-order valence-corrected chi connectivity index (χ3v) is 1.63. The maximum Gasteiger partial charge on any atom is 0.319 e. The number of carbonyl (C=O) groups is 1. The maximum absolute atomic E-state index is 10.1. The first kappa shape index (κ1) is 9.72. The van der Waals surface area contributed by atoms with Gasteiger partial charge in [0, 0.05) is 5.54 Å². The monoisotopic (exact) mass is 165 g/mol.